The van der Waals surface area contributed by atoms with Gasteiger partial charge >= 0.3 is 0 Å². The zero-order valence-corrected chi connectivity index (χ0v) is 19.7. The normalized spacial score (nSPS) is 27.0. The second kappa shape index (κ2) is 14.1. The fourth-order valence-electron chi connectivity index (χ4n) is 3.48. The van der Waals surface area contributed by atoms with Gasteiger partial charge in [-0.15, -0.1) is 0 Å². The molecule has 13 heteroatoms. The summed E-state index contributed by atoms with van der Waals surface area (Å²) in [6.45, 7) is -1.55. The van der Waals surface area contributed by atoms with E-state index >= 15 is 0 Å². The van der Waals surface area contributed by atoms with Crippen LogP contribution in [0.3, 0.4) is 0 Å². The van der Waals surface area contributed by atoms with Gasteiger partial charge in [-0.05, 0) is 24.3 Å². The summed E-state index contributed by atoms with van der Waals surface area (Å²) in [6, 6.07) is 17.7. The average molecular weight is 521 g/mol. The molecule has 1 aliphatic heterocycles. The van der Waals surface area contributed by atoms with Crippen LogP contribution in [-0.2, 0) is 9.47 Å². The van der Waals surface area contributed by atoms with Crippen molar-refractivity contribution in [2.75, 3.05) is 24.1 Å². The molecule has 0 spiro atoms. The molecule has 0 amide bonds. The highest BCUT2D eigenvalue weighted by molar-refractivity contribution is 6.33. The van der Waals surface area contributed by atoms with Crippen LogP contribution >= 0.6 is 0 Å². The zero-order chi connectivity index (χ0) is 26.8. The highest BCUT2D eigenvalue weighted by Gasteiger charge is 2.46. The SMILES string of the molecule is OCC(O)C(OC1OC(CO)C(O)C(O)C1O)C(O)C(/C=N\Nc1ccccc1)=N/Nc1ccccc1. The van der Waals surface area contributed by atoms with Gasteiger partial charge < -0.3 is 45.2 Å². The first-order valence-electron chi connectivity index (χ1n) is 11.5. The number of nitrogens with zero attached hydrogens (tertiary/aromatic N) is 2. The van der Waals surface area contributed by atoms with Gasteiger partial charge in [0.15, 0.2) is 6.29 Å². The molecular formula is C24H32N4O9. The summed E-state index contributed by atoms with van der Waals surface area (Å²) in [6.07, 6.45) is -12.1. The molecule has 0 saturated carbocycles. The van der Waals surface area contributed by atoms with Gasteiger partial charge in [-0.3, -0.25) is 10.9 Å². The topological polar surface area (TPSA) is 209 Å². The number of aliphatic hydroxyl groups is 7. The van der Waals surface area contributed by atoms with Crippen molar-refractivity contribution in [1.82, 2.24) is 0 Å². The summed E-state index contributed by atoms with van der Waals surface area (Å²) in [7, 11) is 0. The smallest absolute Gasteiger partial charge is 0.187 e. The average Bonchev–Trinajstić information content (AvgIpc) is 2.93. The van der Waals surface area contributed by atoms with E-state index in [0.29, 0.717) is 11.4 Å². The van der Waals surface area contributed by atoms with E-state index in [-0.39, 0.29) is 5.71 Å². The van der Waals surface area contributed by atoms with Crippen molar-refractivity contribution < 1.29 is 45.2 Å². The lowest BCUT2D eigenvalue weighted by molar-refractivity contribution is -0.322. The van der Waals surface area contributed by atoms with Crippen LogP contribution in [0.15, 0.2) is 70.9 Å². The van der Waals surface area contributed by atoms with Gasteiger partial charge in [0, 0.05) is 0 Å². The molecule has 1 fully saturated rings. The Bertz CT molecular complexity index is 996. The number of nitrogens with one attached hydrogen (secondary N) is 2. The largest absolute Gasteiger partial charge is 0.394 e. The molecular weight excluding hydrogens is 488 g/mol. The maximum absolute atomic E-state index is 11.1. The molecule has 37 heavy (non-hydrogen) atoms. The van der Waals surface area contributed by atoms with Gasteiger partial charge in [-0.2, -0.15) is 10.2 Å². The van der Waals surface area contributed by atoms with Crippen LogP contribution in [0.1, 0.15) is 0 Å². The number of aliphatic hydroxyl groups excluding tert-OH is 7. The Morgan fingerprint density at radius 2 is 1.49 bits per heavy atom. The van der Waals surface area contributed by atoms with E-state index < -0.39 is 62.2 Å². The molecule has 1 aliphatic rings. The van der Waals surface area contributed by atoms with Gasteiger partial charge in [0.2, 0.25) is 0 Å². The second-order valence-corrected chi connectivity index (χ2v) is 8.24. The Balaban J connectivity index is 1.85. The van der Waals surface area contributed by atoms with Crippen LogP contribution in [0, 0.1) is 0 Å². The number of para-hydroxylation sites is 2. The van der Waals surface area contributed by atoms with Crippen LogP contribution in [0.4, 0.5) is 11.4 Å². The molecule has 9 N–H and O–H groups in total. The lowest BCUT2D eigenvalue weighted by Crippen LogP contribution is -2.61. The van der Waals surface area contributed by atoms with Gasteiger partial charge in [0.25, 0.3) is 0 Å². The highest BCUT2D eigenvalue weighted by atomic mass is 16.7. The Kier molecular flexibility index (Phi) is 10.9. The minimum Gasteiger partial charge on any atom is -0.394 e. The minimum absolute atomic E-state index is 0.144. The van der Waals surface area contributed by atoms with E-state index in [1.54, 1.807) is 54.6 Å². The summed E-state index contributed by atoms with van der Waals surface area (Å²) >= 11 is 0. The van der Waals surface area contributed by atoms with Gasteiger partial charge in [-0.25, -0.2) is 0 Å². The van der Waals surface area contributed by atoms with Gasteiger partial charge in [-0.1, -0.05) is 36.4 Å². The van der Waals surface area contributed by atoms with Crippen LogP contribution in [0.25, 0.3) is 0 Å². The number of benzene rings is 2. The fraction of sp³-hybridized carbons (Fsp3) is 0.417. The van der Waals surface area contributed by atoms with E-state index in [2.05, 4.69) is 21.1 Å². The lowest BCUT2D eigenvalue weighted by atomic mass is 9.98. The predicted octanol–water partition coefficient (Wildman–Crippen LogP) is -1.55. The first kappa shape index (κ1) is 28.6. The number of hydrogen-bond donors (Lipinski definition) is 9. The third-order valence-electron chi connectivity index (χ3n) is 5.57. The van der Waals surface area contributed by atoms with Crippen LogP contribution in [-0.4, -0.2) is 110 Å². The third-order valence-corrected chi connectivity index (χ3v) is 5.57. The fourth-order valence-corrected chi connectivity index (χ4v) is 3.48. The molecule has 1 heterocycles. The summed E-state index contributed by atoms with van der Waals surface area (Å²) in [5.41, 5.74) is 6.59. The van der Waals surface area contributed by atoms with E-state index in [4.69, 9.17) is 9.47 Å². The van der Waals surface area contributed by atoms with E-state index in [0.717, 1.165) is 0 Å². The van der Waals surface area contributed by atoms with Crippen molar-refractivity contribution in [2.45, 2.75) is 49.0 Å². The van der Waals surface area contributed by atoms with E-state index in [1.165, 1.54) is 6.21 Å². The lowest BCUT2D eigenvalue weighted by Gasteiger charge is -2.41. The summed E-state index contributed by atoms with van der Waals surface area (Å²) in [4.78, 5) is 0. The Labute approximate surface area is 212 Å². The molecule has 2 aromatic rings. The van der Waals surface area contributed by atoms with Crippen molar-refractivity contribution in [1.29, 1.82) is 0 Å². The number of hydrazone groups is 2. The molecule has 8 atom stereocenters. The van der Waals surface area contributed by atoms with Gasteiger partial charge in [0.05, 0.1) is 30.8 Å². The monoisotopic (exact) mass is 520 g/mol. The Morgan fingerprint density at radius 1 is 0.892 bits per heavy atom. The molecule has 0 aromatic heterocycles. The number of hydrogen-bond acceptors (Lipinski definition) is 13. The number of rotatable bonds is 12. The molecule has 0 radical (unpaired) electrons. The Hall–Kier alpha value is -2.98. The van der Waals surface area contributed by atoms with E-state index in [9.17, 15) is 35.7 Å². The summed E-state index contributed by atoms with van der Waals surface area (Å²) in [5.74, 6) is 0. The number of anilines is 2. The molecule has 202 valence electrons. The van der Waals surface area contributed by atoms with Crippen molar-refractivity contribution in [3.8, 4) is 0 Å². The van der Waals surface area contributed by atoms with Crippen molar-refractivity contribution >= 4 is 23.3 Å². The molecule has 8 unspecified atom stereocenters. The first-order chi connectivity index (χ1) is 17.8. The molecule has 1 saturated heterocycles. The number of ether oxygens (including phenoxy) is 2. The van der Waals surface area contributed by atoms with Crippen LogP contribution < -0.4 is 10.9 Å². The van der Waals surface area contributed by atoms with Crippen molar-refractivity contribution in [3.63, 3.8) is 0 Å². The molecule has 3 rings (SSSR count). The molecule has 0 aliphatic carbocycles. The maximum Gasteiger partial charge on any atom is 0.187 e. The summed E-state index contributed by atoms with van der Waals surface area (Å²) < 4.78 is 10.9. The third kappa shape index (κ3) is 7.75. The van der Waals surface area contributed by atoms with Crippen LogP contribution in [0.2, 0.25) is 0 Å². The quantitative estimate of drug-likeness (QED) is 0.116. The molecule has 0 bridgehead atoms. The van der Waals surface area contributed by atoms with Crippen LogP contribution in [0.5, 0.6) is 0 Å². The standard InChI is InChI=1S/C24H32N4O9/c29-12-17(31)23(37-24-22(35)21(34)20(33)18(13-30)36-24)19(32)16(28-27-15-9-5-2-6-10-15)11-25-26-14-7-3-1-4-8-14/h1-11,17-24,26-27,29-35H,12-13H2/b25-11-,28-16+. The zero-order valence-electron chi connectivity index (χ0n) is 19.7. The van der Waals surface area contributed by atoms with Gasteiger partial charge in [0.1, 0.15) is 48.4 Å². The first-order valence-corrected chi connectivity index (χ1v) is 11.5. The minimum atomic E-state index is -1.80. The maximum atomic E-state index is 11.1. The Morgan fingerprint density at radius 3 is 2.05 bits per heavy atom. The summed E-state index contributed by atoms with van der Waals surface area (Å²) in [5, 5.41) is 79.1. The van der Waals surface area contributed by atoms with Crippen molar-refractivity contribution in [3.05, 3.63) is 60.7 Å². The predicted molar refractivity (Wildman–Crippen MR) is 134 cm³/mol. The van der Waals surface area contributed by atoms with Crippen molar-refractivity contribution in [2.24, 2.45) is 10.2 Å². The second-order valence-electron chi connectivity index (χ2n) is 8.24. The van der Waals surface area contributed by atoms with E-state index in [1.807, 2.05) is 6.07 Å². The highest BCUT2D eigenvalue weighted by Crippen LogP contribution is 2.24. The molecule has 13 nitrogen and oxygen atoms in total. The molecule has 2 aromatic carbocycles.